The van der Waals surface area contributed by atoms with Gasteiger partial charge in [-0.15, -0.1) is 0 Å². The Balaban J connectivity index is 3.26. The van der Waals surface area contributed by atoms with Gasteiger partial charge in [-0.1, -0.05) is 0 Å². The number of halogens is 2. The van der Waals surface area contributed by atoms with E-state index in [1.807, 2.05) is 0 Å². The first-order valence-corrected chi connectivity index (χ1v) is 5.11. The zero-order valence-electron chi connectivity index (χ0n) is 7.88. The minimum absolute atomic E-state index is 0.0952. The van der Waals surface area contributed by atoms with Crippen LogP contribution in [0.1, 0.15) is 16.8 Å². The van der Waals surface area contributed by atoms with E-state index in [0.29, 0.717) is 3.57 Å². The van der Waals surface area contributed by atoms with Crippen molar-refractivity contribution in [2.24, 2.45) is 0 Å². The summed E-state index contributed by atoms with van der Waals surface area (Å²) >= 11 is 1.80. The van der Waals surface area contributed by atoms with Crippen LogP contribution in [0.5, 0.6) is 5.75 Å². The van der Waals surface area contributed by atoms with Gasteiger partial charge in [-0.3, -0.25) is 4.79 Å². The minimum atomic E-state index is -0.568. The number of carbonyl (C=O) groups is 1. The summed E-state index contributed by atoms with van der Waals surface area (Å²) in [6, 6.07) is 4.66. The molecule has 1 aromatic carbocycles. The topological polar surface area (TPSA) is 50.1 Å². The second-order valence-electron chi connectivity index (χ2n) is 2.70. The third-order valence-electron chi connectivity index (χ3n) is 1.79. The Kier molecular flexibility index (Phi) is 4.03. The highest BCUT2D eigenvalue weighted by atomic mass is 127. The summed E-state index contributed by atoms with van der Waals surface area (Å²) in [4.78, 5) is 11.4. The van der Waals surface area contributed by atoms with E-state index in [9.17, 15) is 9.18 Å². The monoisotopic (exact) mass is 319 g/mol. The Morgan fingerprint density at radius 1 is 1.67 bits per heavy atom. The molecule has 1 rings (SSSR count). The van der Waals surface area contributed by atoms with Crippen LogP contribution < -0.4 is 4.74 Å². The first kappa shape index (κ1) is 11.9. The Labute approximate surface area is 100.0 Å². The number of nitrogens with zero attached hydrogens (tertiary/aromatic N) is 1. The molecule has 0 spiro atoms. The summed E-state index contributed by atoms with van der Waals surface area (Å²) in [5.41, 5.74) is 0.108. The van der Waals surface area contributed by atoms with E-state index in [-0.39, 0.29) is 17.7 Å². The minimum Gasteiger partial charge on any atom is -0.493 e. The van der Waals surface area contributed by atoms with Crippen molar-refractivity contribution in [3.8, 4) is 11.8 Å². The van der Waals surface area contributed by atoms with Gasteiger partial charge in [0.05, 0.1) is 28.7 Å². The number of benzene rings is 1. The van der Waals surface area contributed by atoms with E-state index in [1.54, 1.807) is 28.7 Å². The van der Waals surface area contributed by atoms with Crippen LogP contribution in [0.15, 0.2) is 12.1 Å². The molecule has 0 aliphatic carbocycles. The van der Waals surface area contributed by atoms with E-state index in [4.69, 9.17) is 10.00 Å². The van der Waals surface area contributed by atoms with Crippen molar-refractivity contribution >= 4 is 28.4 Å². The lowest BCUT2D eigenvalue weighted by atomic mass is 10.1. The summed E-state index contributed by atoms with van der Waals surface area (Å²) < 4.78 is 18.7. The maximum atomic E-state index is 13.5. The van der Waals surface area contributed by atoms with Crippen LogP contribution in [0, 0.1) is 20.7 Å². The molecular weight excluding hydrogens is 312 g/mol. The average molecular weight is 319 g/mol. The molecule has 0 aliphatic heterocycles. The van der Waals surface area contributed by atoms with Crippen LogP contribution in [0.2, 0.25) is 0 Å². The summed E-state index contributed by atoms with van der Waals surface area (Å²) in [5.74, 6) is -1.10. The van der Waals surface area contributed by atoms with Crippen LogP contribution in [0.4, 0.5) is 4.39 Å². The zero-order chi connectivity index (χ0) is 11.4. The number of nitriles is 1. The van der Waals surface area contributed by atoms with Crippen molar-refractivity contribution < 1.29 is 13.9 Å². The van der Waals surface area contributed by atoms with Crippen molar-refractivity contribution in [2.45, 2.75) is 6.42 Å². The lowest BCUT2D eigenvalue weighted by Crippen LogP contribution is -2.04. The Morgan fingerprint density at radius 3 is 2.87 bits per heavy atom. The van der Waals surface area contributed by atoms with Gasteiger partial charge in [0.25, 0.3) is 0 Å². The van der Waals surface area contributed by atoms with Gasteiger partial charge >= 0.3 is 0 Å². The Bertz CT molecular complexity index is 440. The molecule has 1 aromatic rings. The molecule has 0 N–H and O–H groups in total. The third-order valence-corrected chi connectivity index (χ3v) is 2.63. The molecule has 0 aromatic heterocycles. The molecule has 0 aliphatic rings. The number of rotatable bonds is 3. The number of Topliss-reactive ketones (excluding diaryl/α,β-unsaturated/α-hetero) is 1. The van der Waals surface area contributed by atoms with Crippen molar-refractivity contribution in [3.63, 3.8) is 0 Å². The Hall–Kier alpha value is -1.16. The van der Waals surface area contributed by atoms with Gasteiger partial charge in [-0.2, -0.15) is 5.26 Å². The molecule has 15 heavy (non-hydrogen) atoms. The summed E-state index contributed by atoms with van der Waals surface area (Å²) in [6.45, 7) is 0. The second kappa shape index (κ2) is 5.07. The highest BCUT2D eigenvalue weighted by Gasteiger charge is 2.17. The number of hydrogen-bond donors (Lipinski definition) is 0. The number of ketones is 1. The van der Waals surface area contributed by atoms with Crippen LogP contribution in [-0.4, -0.2) is 12.9 Å². The third kappa shape index (κ3) is 2.45. The van der Waals surface area contributed by atoms with Gasteiger partial charge in [0.15, 0.2) is 17.3 Å². The molecule has 78 valence electrons. The van der Waals surface area contributed by atoms with Crippen molar-refractivity contribution in [3.05, 3.63) is 27.1 Å². The van der Waals surface area contributed by atoms with Crippen molar-refractivity contribution in [1.29, 1.82) is 5.26 Å². The van der Waals surface area contributed by atoms with Gasteiger partial charge in [0.2, 0.25) is 0 Å². The predicted molar refractivity (Wildman–Crippen MR) is 60.2 cm³/mol. The molecule has 0 saturated heterocycles. The fourth-order valence-corrected chi connectivity index (χ4v) is 1.54. The van der Waals surface area contributed by atoms with E-state index in [1.165, 1.54) is 19.2 Å². The summed E-state index contributed by atoms with van der Waals surface area (Å²) in [5, 5.41) is 8.38. The van der Waals surface area contributed by atoms with Crippen LogP contribution in [0.25, 0.3) is 0 Å². The standard InChI is InChI=1S/C10H7FINO2/c1-15-10-6(8(14)4-5-13)2-3-7(12)9(10)11/h2-3H,4H2,1H3. The average Bonchev–Trinajstić information content (AvgIpc) is 2.22. The molecule has 0 amide bonds. The van der Waals surface area contributed by atoms with Crippen molar-refractivity contribution in [2.75, 3.05) is 7.11 Å². The first-order chi connectivity index (χ1) is 7.11. The lowest BCUT2D eigenvalue weighted by Gasteiger charge is -2.08. The number of carbonyl (C=O) groups excluding carboxylic acids is 1. The zero-order valence-corrected chi connectivity index (χ0v) is 10.0. The van der Waals surface area contributed by atoms with Crippen LogP contribution in [0.3, 0.4) is 0 Å². The van der Waals surface area contributed by atoms with Gasteiger partial charge in [0, 0.05) is 0 Å². The highest BCUT2D eigenvalue weighted by Crippen LogP contribution is 2.27. The van der Waals surface area contributed by atoms with Crippen LogP contribution in [-0.2, 0) is 0 Å². The Morgan fingerprint density at radius 2 is 2.33 bits per heavy atom. The molecule has 3 nitrogen and oxygen atoms in total. The summed E-state index contributed by atoms with van der Waals surface area (Å²) in [6.07, 6.45) is -0.281. The first-order valence-electron chi connectivity index (χ1n) is 4.04. The molecule has 0 saturated carbocycles. The molecule has 0 atom stereocenters. The molecule has 0 fully saturated rings. The van der Waals surface area contributed by atoms with Crippen LogP contribution >= 0.6 is 22.6 Å². The lowest BCUT2D eigenvalue weighted by molar-refractivity contribution is 0.0994. The number of hydrogen-bond acceptors (Lipinski definition) is 3. The number of ether oxygens (including phenoxy) is 1. The molecule has 0 bridgehead atoms. The molecule has 0 unspecified atom stereocenters. The maximum absolute atomic E-state index is 13.5. The van der Waals surface area contributed by atoms with Gasteiger partial charge in [-0.25, -0.2) is 4.39 Å². The predicted octanol–water partition coefficient (Wildman–Crippen LogP) is 2.54. The second-order valence-corrected chi connectivity index (χ2v) is 3.86. The van der Waals surface area contributed by atoms with E-state index >= 15 is 0 Å². The van der Waals surface area contributed by atoms with Gasteiger partial charge in [0.1, 0.15) is 0 Å². The van der Waals surface area contributed by atoms with Gasteiger partial charge in [-0.05, 0) is 34.7 Å². The SMILES string of the molecule is COc1c(C(=O)CC#N)ccc(I)c1F. The molecule has 0 heterocycles. The molecule has 5 heteroatoms. The molecule has 0 radical (unpaired) electrons. The smallest absolute Gasteiger partial charge is 0.180 e. The highest BCUT2D eigenvalue weighted by molar-refractivity contribution is 14.1. The van der Waals surface area contributed by atoms with E-state index < -0.39 is 11.6 Å². The normalized spacial score (nSPS) is 9.47. The molecular formula is C10H7FINO2. The number of methoxy groups -OCH3 is 1. The maximum Gasteiger partial charge on any atom is 0.180 e. The largest absolute Gasteiger partial charge is 0.493 e. The van der Waals surface area contributed by atoms with E-state index in [2.05, 4.69) is 0 Å². The van der Waals surface area contributed by atoms with E-state index in [0.717, 1.165) is 0 Å². The fraction of sp³-hybridized carbons (Fsp3) is 0.200. The summed E-state index contributed by atoms with van der Waals surface area (Å²) in [7, 11) is 1.29. The van der Waals surface area contributed by atoms with Gasteiger partial charge < -0.3 is 4.74 Å². The quantitative estimate of drug-likeness (QED) is 0.635. The van der Waals surface area contributed by atoms with Crippen molar-refractivity contribution in [1.82, 2.24) is 0 Å². The fourth-order valence-electron chi connectivity index (χ4n) is 1.12.